The number of benzene rings is 2. The topological polar surface area (TPSA) is 60.2 Å². The maximum absolute atomic E-state index is 12.7. The molecule has 0 bridgehead atoms. The van der Waals surface area contributed by atoms with Gasteiger partial charge < -0.3 is 14.2 Å². The minimum atomic E-state index is -0.586. The van der Waals surface area contributed by atoms with Gasteiger partial charge in [0.15, 0.2) is 11.9 Å². The Morgan fingerprint density at radius 1 is 1.15 bits per heavy atom. The Kier molecular flexibility index (Phi) is 5.21. The zero-order chi connectivity index (χ0) is 18.7. The van der Waals surface area contributed by atoms with Gasteiger partial charge >= 0.3 is 0 Å². The first-order valence-corrected chi connectivity index (χ1v) is 8.74. The molecule has 2 aromatic carbocycles. The van der Waals surface area contributed by atoms with E-state index in [1.165, 1.54) is 0 Å². The number of rotatable bonds is 6. The van der Waals surface area contributed by atoms with E-state index in [9.17, 15) is 4.79 Å². The number of likely N-dealkylation sites (N-methyl/N-ethyl adjacent to an activating group) is 1. The number of hydrogen-bond acceptors (Lipinski definition) is 4. The second-order valence-electron chi connectivity index (χ2n) is 6.71. The summed E-state index contributed by atoms with van der Waals surface area (Å²) in [5.74, 6) is 1.34. The molecule has 0 saturated heterocycles. The normalized spacial score (nSPS) is 12.3. The molecule has 3 aromatic rings. The van der Waals surface area contributed by atoms with E-state index in [1.807, 2.05) is 47.0 Å². The fourth-order valence-electron chi connectivity index (χ4n) is 2.91. The van der Waals surface area contributed by atoms with E-state index in [4.69, 9.17) is 4.74 Å². The predicted molar refractivity (Wildman–Crippen MR) is 101 cm³/mol. The molecule has 0 saturated carbocycles. The molecule has 1 amide bonds. The molecule has 26 heavy (non-hydrogen) atoms. The van der Waals surface area contributed by atoms with Crippen LogP contribution in [0.15, 0.2) is 48.8 Å². The van der Waals surface area contributed by atoms with Gasteiger partial charge in [-0.15, -0.1) is 10.2 Å². The van der Waals surface area contributed by atoms with Crippen LogP contribution in [0, 0.1) is 0 Å². The van der Waals surface area contributed by atoms with Crippen LogP contribution < -0.4 is 4.74 Å². The van der Waals surface area contributed by atoms with Crippen LogP contribution in [0.5, 0.6) is 5.75 Å². The van der Waals surface area contributed by atoms with Gasteiger partial charge in [-0.05, 0) is 43.7 Å². The average molecular weight is 352 g/mol. The highest BCUT2D eigenvalue weighted by Crippen LogP contribution is 2.22. The number of nitrogens with zero attached hydrogens (tertiary/aromatic N) is 4. The molecule has 6 heteroatoms. The van der Waals surface area contributed by atoms with Gasteiger partial charge in [0.25, 0.3) is 5.91 Å². The Bertz CT molecular complexity index is 903. The Labute approximate surface area is 153 Å². The molecule has 136 valence electrons. The van der Waals surface area contributed by atoms with Gasteiger partial charge in [0, 0.05) is 13.1 Å². The van der Waals surface area contributed by atoms with Crippen LogP contribution in [0.2, 0.25) is 0 Å². The largest absolute Gasteiger partial charge is 0.481 e. The minimum absolute atomic E-state index is 0.100. The van der Waals surface area contributed by atoms with Crippen molar-refractivity contribution in [2.24, 2.45) is 0 Å². The maximum atomic E-state index is 12.7. The Morgan fingerprint density at radius 2 is 1.88 bits per heavy atom. The van der Waals surface area contributed by atoms with Crippen molar-refractivity contribution < 1.29 is 9.53 Å². The van der Waals surface area contributed by atoms with Crippen LogP contribution in [0.1, 0.15) is 32.6 Å². The van der Waals surface area contributed by atoms with Crippen LogP contribution in [0.4, 0.5) is 0 Å². The highest BCUT2D eigenvalue weighted by molar-refractivity contribution is 5.84. The highest BCUT2D eigenvalue weighted by Gasteiger charge is 2.21. The second-order valence-corrected chi connectivity index (χ2v) is 6.71. The molecule has 1 atom stereocenters. The number of carbonyl (C=O) groups is 1. The fraction of sp³-hybridized carbons (Fsp3) is 0.350. The predicted octanol–water partition coefficient (Wildman–Crippen LogP) is 3.44. The summed E-state index contributed by atoms with van der Waals surface area (Å²) in [4.78, 5) is 14.3. The van der Waals surface area contributed by atoms with Gasteiger partial charge in [-0.2, -0.15) is 0 Å². The maximum Gasteiger partial charge on any atom is 0.263 e. The first-order valence-electron chi connectivity index (χ1n) is 8.74. The molecule has 0 aliphatic carbocycles. The van der Waals surface area contributed by atoms with E-state index in [-0.39, 0.29) is 11.9 Å². The van der Waals surface area contributed by atoms with Gasteiger partial charge in [-0.3, -0.25) is 4.79 Å². The molecule has 1 heterocycles. The lowest BCUT2D eigenvalue weighted by Crippen LogP contribution is -2.38. The summed E-state index contributed by atoms with van der Waals surface area (Å²) in [6, 6.07) is 14.1. The average Bonchev–Trinajstić information content (AvgIpc) is 3.09. The standard InChI is InChI=1S/C20H24N4O2/c1-14(2)24-13-21-22-19(24)12-23(4)20(25)15(3)26-18-10-9-16-7-5-6-8-17(16)11-18/h5-11,13-15H,12H2,1-4H3/t15-/m1/s1. The third-order valence-electron chi connectivity index (χ3n) is 4.34. The van der Waals surface area contributed by atoms with Gasteiger partial charge in [0.05, 0.1) is 6.54 Å². The zero-order valence-corrected chi connectivity index (χ0v) is 15.6. The first kappa shape index (κ1) is 17.9. The smallest absolute Gasteiger partial charge is 0.263 e. The Balaban J connectivity index is 1.67. The Hall–Kier alpha value is -2.89. The van der Waals surface area contributed by atoms with E-state index in [2.05, 4.69) is 24.0 Å². The zero-order valence-electron chi connectivity index (χ0n) is 15.6. The van der Waals surface area contributed by atoms with E-state index >= 15 is 0 Å². The Morgan fingerprint density at radius 3 is 2.62 bits per heavy atom. The van der Waals surface area contributed by atoms with Gasteiger partial charge in [0.2, 0.25) is 0 Å². The van der Waals surface area contributed by atoms with Gasteiger partial charge in [-0.25, -0.2) is 0 Å². The van der Waals surface area contributed by atoms with Crippen LogP contribution in [0.3, 0.4) is 0 Å². The van der Waals surface area contributed by atoms with Crippen LogP contribution in [-0.2, 0) is 11.3 Å². The van der Waals surface area contributed by atoms with Crippen LogP contribution in [0.25, 0.3) is 10.8 Å². The molecular formula is C20H24N4O2. The molecule has 0 unspecified atom stereocenters. The summed E-state index contributed by atoms with van der Waals surface area (Å²) in [6.45, 7) is 6.27. The number of fused-ring (bicyclic) bond motifs is 1. The summed E-state index contributed by atoms with van der Waals surface area (Å²) >= 11 is 0. The molecular weight excluding hydrogens is 328 g/mol. The number of carbonyl (C=O) groups excluding carboxylic acids is 1. The van der Waals surface area contributed by atoms with Crippen LogP contribution >= 0.6 is 0 Å². The monoisotopic (exact) mass is 352 g/mol. The van der Waals surface area contributed by atoms with Crippen molar-refractivity contribution in [3.63, 3.8) is 0 Å². The number of ether oxygens (including phenoxy) is 1. The van der Waals surface area contributed by atoms with Crippen molar-refractivity contribution in [2.75, 3.05) is 7.05 Å². The van der Waals surface area contributed by atoms with Crippen molar-refractivity contribution >= 4 is 16.7 Å². The molecule has 0 fully saturated rings. The first-order chi connectivity index (χ1) is 12.5. The molecule has 1 aromatic heterocycles. The van der Waals surface area contributed by atoms with E-state index in [0.29, 0.717) is 12.3 Å². The second kappa shape index (κ2) is 7.56. The van der Waals surface area contributed by atoms with E-state index < -0.39 is 6.10 Å². The minimum Gasteiger partial charge on any atom is -0.481 e. The van der Waals surface area contributed by atoms with Crippen molar-refractivity contribution in [3.05, 3.63) is 54.6 Å². The molecule has 0 aliphatic heterocycles. The third-order valence-corrected chi connectivity index (χ3v) is 4.34. The molecule has 3 rings (SSSR count). The lowest BCUT2D eigenvalue weighted by atomic mass is 10.1. The number of hydrogen-bond donors (Lipinski definition) is 0. The lowest BCUT2D eigenvalue weighted by Gasteiger charge is -2.22. The highest BCUT2D eigenvalue weighted by atomic mass is 16.5. The molecule has 0 aliphatic rings. The summed E-state index contributed by atoms with van der Waals surface area (Å²) in [5, 5.41) is 10.3. The van der Waals surface area contributed by atoms with Crippen molar-refractivity contribution in [2.45, 2.75) is 39.5 Å². The third kappa shape index (κ3) is 3.85. The van der Waals surface area contributed by atoms with Crippen molar-refractivity contribution in [1.82, 2.24) is 19.7 Å². The summed E-state index contributed by atoms with van der Waals surface area (Å²) in [7, 11) is 1.75. The lowest BCUT2D eigenvalue weighted by molar-refractivity contribution is -0.137. The van der Waals surface area contributed by atoms with Gasteiger partial charge in [0.1, 0.15) is 12.1 Å². The molecule has 0 radical (unpaired) electrons. The van der Waals surface area contributed by atoms with E-state index in [0.717, 1.165) is 16.6 Å². The van der Waals surface area contributed by atoms with Crippen molar-refractivity contribution in [1.29, 1.82) is 0 Å². The quantitative estimate of drug-likeness (QED) is 0.682. The summed E-state index contributed by atoms with van der Waals surface area (Å²) < 4.78 is 7.83. The molecule has 6 nitrogen and oxygen atoms in total. The SMILES string of the molecule is CC(C)n1cnnc1CN(C)C(=O)[C@@H](C)Oc1ccc2ccccc2c1. The van der Waals surface area contributed by atoms with Crippen molar-refractivity contribution in [3.8, 4) is 5.75 Å². The van der Waals surface area contributed by atoms with Crippen LogP contribution in [-0.4, -0.2) is 38.7 Å². The van der Waals surface area contributed by atoms with Gasteiger partial charge in [-0.1, -0.05) is 30.3 Å². The molecule has 0 N–H and O–H groups in total. The fourth-order valence-corrected chi connectivity index (χ4v) is 2.91. The molecule has 0 spiro atoms. The summed E-state index contributed by atoms with van der Waals surface area (Å²) in [6.07, 6.45) is 1.10. The number of amides is 1. The number of aromatic nitrogens is 3. The van der Waals surface area contributed by atoms with E-state index in [1.54, 1.807) is 25.2 Å². The summed E-state index contributed by atoms with van der Waals surface area (Å²) in [5.41, 5.74) is 0.